The van der Waals surface area contributed by atoms with Gasteiger partial charge in [0.2, 0.25) is 0 Å². The van der Waals surface area contributed by atoms with Gasteiger partial charge in [0.15, 0.2) is 0 Å². The average molecular weight is 359 g/mol. The number of hydrogen-bond acceptors (Lipinski definition) is 4. The van der Waals surface area contributed by atoms with Crippen LogP contribution in [0.3, 0.4) is 0 Å². The summed E-state index contributed by atoms with van der Waals surface area (Å²) in [6.07, 6.45) is 0.964. The number of carbonyl (C=O) groups is 1. The fourth-order valence-electron chi connectivity index (χ4n) is 2.29. The smallest absolute Gasteiger partial charge is 0.344 e. The number of aromatic nitrogens is 1. The van der Waals surface area contributed by atoms with Crippen LogP contribution in [0.5, 0.6) is 0 Å². The van der Waals surface area contributed by atoms with Gasteiger partial charge in [0.05, 0.1) is 5.69 Å². The normalized spacial score (nSPS) is 10.7. The van der Waals surface area contributed by atoms with Gasteiger partial charge in [-0.2, -0.15) is 0 Å². The summed E-state index contributed by atoms with van der Waals surface area (Å²) in [6, 6.07) is 11.3. The molecule has 0 N–H and O–H groups in total. The highest BCUT2D eigenvalue weighted by Crippen LogP contribution is 2.25. The van der Waals surface area contributed by atoms with Crippen molar-refractivity contribution in [3.05, 3.63) is 76.3 Å². The lowest BCUT2D eigenvalue weighted by Crippen LogP contribution is -2.10. The van der Waals surface area contributed by atoms with Crippen LogP contribution in [-0.2, 0) is 17.8 Å². The van der Waals surface area contributed by atoms with Crippen molar-refractivity contribution >= 4 is 17.3 Å². The molecule has 0 aliphatic rings. The lowest BCUT2D eigenvalue weighted by atomic mass is 10.1. The number of aryl methyl sites for hydroxylation is 1. The topological polar surface area (TPSA) is 39.2 Å². The molecule has 0 radical (unpaired) electrons. The van der Waals surface area contributed by atoms with Crippen LogP contribution >= 0.6 is 11.3 Å². The summed E-state index contributed by atoms with van der Waals surface area (Å²) in [4.78, 5) is 16.3. The molecule has 3 nitrogen and oxygen atoms in total. The van der Waals surface area contributed by atoms with Gasteiger partial charge in [-0.05, 0) is 24.1 Å². The van der Waals surface area contributed by atoms with E-state index in [9.17, 15) is 13.6 Å². The first kappa shape index (κ1) is 17.2. The first-order valence-corrected chi connectivity index (χ1v) is 8.61. The third kappa shape index (κ3) is 3.91. The van der Waals surface area contributed by atoms with Gasteiger partial charge in [-0.15, -0.1) is 11.3 Å². The quantitative estimate of drug-likeness (QED) is 0.601. The molecule has 3 rings (SSSR count). The number of benzene rings is 2. The van der Waals surface area contributed by atoms with Gasteiger partial charge >= 0.3 is 5.97 Å². The zero-order chi connectivity index (χ0) is 17.8. The van der Waals surface area contributed by atoms with Crippen molar-refractivity contribution in [3.8, 4) is 10.6 Å². The van der Waals surface area contributed by atoms with E-state index in [1.54, 1.807) is 5.38 Å². The molecule has 3 aromatic rings. The molecule has 6 heteroatoms. The molecule has 1 aromatic heterocycles. The Bertz CT molecular complexity index is 870. The van der Waals surface area contributed by atoms with Gasteiger partial charge < -0.3 is 4.74 Å². The minimum atomic E-state index is -1.04. The summed E-state index contributed by atoms with van der Waals surface area (Å²) < 4.78 is 32.1. The zero-order valence-corrected chi connectivity index (χ0v) is 14.3. The minimum absolute atomic E-state index is 0.143. The number of hydrogen-bond donors (Lipinski definition) is 0. The summed E-state index contributed by atoms with van der Waals surface area (Å²) in [5.41, 5.74) is 2.05. The summed E-state index contributed by atoms with van der Waals surface area (Å²) in [5, 5.41) is 2.56. The van der Waals surface area contributed by atoms with E-state index in [2.05, 4.69) is 11.9 Å². The standard InChI is InChI=1S/C19H15F2NO2S/c1-2-12-6-8-13(9-7-12)18-22-14(11-25-18)10-24-19(23)17-15(20)4-3-5-16(17)21/h3-9,11H,2,10H2,1H3. The number of thiazole rings is 1. The number of halogens is 2. The van der Waals surface area contributed by atoms with Crippen molar-refractivity contribution in [2.24, 2.45) is 0 Å². The van der Waals surface area contributed by atoms with Crippen LogP contribution in [0.25, 0.3) is 10.6 Å². The molecule has 0 spiro atoms. The summed E-state index contributed by atoms with van der Waals surface area (Å²) in [5.74, 6) is -2.93. The van der Waals surface area contributed by atoms with Crippen LogP contribution < -0.4 is 0 Å². The SMILES string of the molecule is CCc1ccc(-c2nc(COC(=O)c3c(F)cccc3F)cs2)cc1. The molecule has 0 unspecified atom stereocenters. The molecule has 0 saturated heterocycles. The predicted molar refractivity (Wildman–Crippen MR) is 92.4 cm³/mol. The highest BCUT2D eigenvalue weighted by molar-refractivity contribution is 7.13. The first-order valence-electron chi connectivity index (χ1n) is 7.73. The van der Waals surface area contributed by atoms with Crippen LogP contribution in [0, 0.1) is 11.6 Å². The van der Waals surface area contributed by atoms with Crippen LogP contribution in [0.15, 0.2) is 47.8 Å². The Morgan fingerprint density at radius 3 is 2.44 bits per heavy atom. The Hall–Kier alpha value is -2.60. The van der Waals surface area contributed by atoms with Crippen molar-refractivity contribution < 1.29 is 18.3 Å². The van der Waals surface area contributed by atoms with Crippen molar-refractivity contribution in [3.63, 3.8) is 0 Å². The van der Waals surface area contributed by atoms with Gasteiger partial charge in [0.25, 0.3) is 0 Å². The maximum absolute atomic E-state index is 13.6. The second-order valence-corrected chi connectivity index (χ2v) is 6.23. The molecule has 0 fully saturated rings. The maximum Gasteiger partial charge on any atom is 0.344 e. The molecule has 0 aliphatic carbocycles. The first-order chi connectivity index (χ1) is 12.1. The van der Waals surface area contributed by atoms with E-state index in [4.69, 9.17) is 4.74 Å². The van der Waals surface area contributed by atoms with Crippen LogP contribution in [-0.4, -0.2) is 11.0 Å². The number of carbonyl (C=O) groups excluding carboxylic acids is 1. The van der Waals surface area contributed by atoms with E-state index < -0.39 is 23.2 Å². The summed E-state index contributed by atoms with van der Waals surface area (Å²) >= 11 is 1.42. The van der Waals surface area contributed by atoms with E-state index in [0.717, 1.165) is 29.1 Å². The molecular formula is C19H15F2NO2S. The predicted octanol–water partition coefficient (Wildman–Crippen LogP) is 5.01. The van der Waals surface area contributed by atoms with Gasteiger partial charge in [0.1, 0.15) is 28.8 Å². The third-order valence-electron chi connectivity index (χ3n) is 3.68. The van der Waals surface area contributed by atoms with E-state index in [1.807, 2.05) is 24.3 Å². The Balaban J connectivity index is 1.68. The van der Waals surface area contributed by atoms with Gasteiger partial charge in [0, 0.05) is 10.9 Å². The fourth-order valence-corrected chi connectivity index (χ4v) is 3.10. The van der Waals surface area contributed by atoms with Crippen molar-refractivity contribution in [2.45, 2.75) is 20.0 Å². The highest BCUT2D eigenvalue weighted by Gasteiger charge is 2.19. The van der Waals surface area contributed by atoms with Crippen molar-refractivity contribution in [1.29, 1.82) is 0 Å². The average Bonchev–Trinajstić information content (AvgIpc) is 3.09. The number of nitrogens with zero attached hydrogens (tertiary/aromatic N) is 1. The van der Waals surface area contributed by atoms with E-state index in [-0.39, 0.29) is 6.61 Å². The lowest BCUT2D eigenvalue weighted by molar-refractivity contribution is 0.0457. The van der Waals surface area contributed by atoms with E-state index in [0.29, 0.717) is 5.69 Å². The van der Waals surface area contributed by atoms with Gasteiger partial charge in [-0.1, -0.05) is 37.3 Å². The lowest BCUT2D eigenvalue weighted by Gasteiger charge is -2.05. The summed E-state index contributed by atoms with van der Waals surface area (Å²) in [7, 11) is 0. The van der Waals surface area contributed by atoms with Crippen LogP contribution in [0.1, 0.15) is 28.5 Å². The second kappa shape index (κ2) is 7.53. The van der Waals surface area contributed by atoms with Crippen LogP contribution in [0.4, 0.5) is 8.78 Å². The van der Waals surface area contributed by atoms with Gasteiger partial charge in [-0.25, -0.2) is 18.6 Å². The van der Waals surface area contributed by atoms with E-state index >= 15 is 0 Å². The molecule has 1 heterocycles. The molecule has 0 aliphatic heterocycles. The minimum Gasteiger partial charge on any atom is -0.455 e. The molecular weight excluding hydrogens is 344 g/mol. The fraction of sp³-hybridized carbons (Fsp3) is 0.158. The molecule has 0 atom stereocenters. The molecule has 128 valence electrons. The Kier molecular flexibility index (Phi) is 5.19. The Morgan fingerprint density at radius 2 is 1.80 bits per heavy atom. The number of esters is 1. The Labute approximate surface area is 147 Å². The largest absolute Gasteiger partial charge is 0.455 e. The zero-order valence-electron chi connectivity index (χ0n) is 13.5. The number of ether oxygens (including phenoxy) is 1. The van der Waals surface area contributed by atoms with E-state index in [1.165, 1.54) is 23.0 Å². The Morgan fingerprint density at radius 1 is 1.12 bits per heavy atom. The molecule has 0 bridgehead atoms. The molecule has 25 heavy (non-hydrogen) atoms. The van der Waals surface area contributed by atoms with Crippen molar-refractivity contribution in [1.82, 2.24) is 4.98 Å². The van der Waals surface area contributed by atoms with Gasteiger partial charge in [-0.3, -0.25) is 0 Å². The monoisotopic (exact) mass is 359 g/mol. The summed E-state index contributed by atoms with van der Waals surface area (Å²) in [6.45, 7) is 1.94. The van der Waals surface area contributed by atoms with Crippen LogP contribution in [0.2, 0.25) is 0 Å². The van der Waals surface area contributed by atoms with Crippen molar-refractivity contribution in [2.75, 3.05) is 0 Å². The number of rotatable bonds is 5. The third-order valence-corrected chi connectivity index (χ3v) is 4.62. The molecule has 0 amide bonds. The maximum atomic E-state index is 13.6. The molecule has 2 aromatic carbocycles. The highest BCUT2D eigenvalue weighted by atomic mass is 32.1. The second-order valence-electron chi connectivity index (χ2n) is 5.37. The molecule has 0 saturated carbocycles.